The summed E-state index contributed by atoms with van der Waals surface area (Å²) in [6.07, 6.45) is 0.852. The molecule has 0 saturated carbocycles. The third-order valence-corrected chi connectivity index (χ3v) is 8.93. The molecule has 248 valence electrons. The van der Waals surface area contributed by atoms with Gasteiger partial charge in [0, 0.05) is 35.2 Å². The van der Waals surface area contributed by atoms with Crippen LogP contribution in [0.1, 0.15) is 57.6 Å². The average Bonchev–Trinajstić information content (AvgIpc) is 3.51. The fraction of sp³-hybridized carbons (Fsp3) is 0.343. The van der Waals surface area contributed by atoms with Gasteiger partial charge in [0.1, 0.15) is 17.9 Å². The first kappa shape index (κ1) is 34.0. The molecule has 1 fully saturated rings. The first-order valence-corrected chi connectivity index (χ1v) is 16.5. The zero-order valence-corrected chi connectivity index (χ0v) is 27.4. The van der Waals surface area contributed by atoms with Crippen molar-refractivity contribution in [1.29, 1.82) is 0 Å². The highest BCUT2D eigenvalue weighted by Gasteiger charge is 2.31. The van der Waals surface area contributed by atoms with Crippen LogP contribution in [0.15, 0.2) is 84.2 Å². The van der Waals surface area contributed by atoms with Crippen LogP contribution in [0.2, 0.25) is 0 Å². The fourth-order valence-electron chi connectivity index (χ4n) is 5.42. The summed E-state index contributed by atoms with van der Waals surface area (Å²) >= 11 is 1.64. The van der Waals surface area contributed by atoms with Gasteiger partial charge in [-0.05, 0) is 92.6 Å². The molecule has 1 aromatic heterocycles. The molecule has 0 bridgehead atoms. The van der Waals surface area contributed by atoms with Crippen LogP contribution >= 0.6 is 11.8 Å². The Balaban J connectivity index is 1.17. The molecule has 1 N–H and O–H groups in total. The molecule has 5 rings (SSSR count). The van der Waals surface area contributed by atoms with Crippen LogP contribution in [0.5, 0.6) is 5.75 Å². The van der Waals surface area contributed by atoms with E-state index in [0.29, 0.717) is 11.5 Å². The van der Waals surface area contributed by atoms with Gasteiger partial charge < -0.3 is 15.0 Å². The number of nitrogens with one attached hydrogen (secondary N) is 1. The highest BCUT2D eigenvalue weighted by molar-refractivity contribution is 8.03. The van der Waals surface area contributed by atoms with E-state index in [1.165, 1.54) is 41.3 Å². The summed E-state index contributed by atoms with van der Waals surface area (Å²) in [4.78, 5) is 19.6. The first-order chi connectivity index (χ1) is 22.4. The predicted octanol–water partition coefficient (Wildman–Crippen LogP) is 8.41. The Morgan fingerprint density at radius 3 is 2.49 bits per heavy atom. The van der Waals surface area contributed by atoms with E-state index >= 15 is 0 Å². The SMILES string of the molecule is CC(CCc1ccc(-c2ncn(-c3ccc(OC(F)(F)F)cc3)n2)cc1)NC(=O)/C=C1\SCCC(C)N1c1ccc(F)cc1C(C)C. The van der Waals surface area contributed by atoms with E-state index in [-0.39, 0.29) is 35.5 Å². The lowest BCUT2D eigenvalue weighted by Gasteiger charge is -2.38. The number of carbonyl (C=O) groups is 1. The average molecular weight is 668 g/mol. The summed E-state index contributed by atoms with van der Waals surface area (Å²) in [5, 5.41) is 8.41. The minimum Gasteiger partial charge on any atom is -0.406 e. The van der Waals surface area contributed by atoms with Crippen molar-refractivity contribution in [2.24, 2.45) is 0 Å². The second-order valence-corrected chi connectivity index (χ2v) is 13.0. The molecular weight excluding hydrogens is 630 g/mol. The summed E-state index contributed by atoms with van der Waals surface area (Å²) in [7, 11) is 0. The van der Waals surface area contributed by atoms with Gasteiger partial charge in [0.2, 0.25) is 5.91 Å². The number of aromatic nitrogens is 3. The van der Waals surface area contributed by atoms with Crippen LogP contribution in [0.4, 0.5) is 23.2 Å². The van der Waals surface area contributed by atoms with E-state index in [1.54, 1.807) is 23.9 Å². The molecule has 3 aromatic carbocycles. The van der Waals surface area contributed by atoms with E-state index in [1.807, 2.05) is 51.1 Å². The third kappa shape index (κ3) is 8.94. The molecule has 12 heteroatoms. The number of nitrogens with zero attached hydrogens (tertiary/aromatic N) is 4. The Bertz CT molecular complexity index is 1700. The van der Waals surface area contributed by atoms with Gasteiger partial charge in [0.05, 0.1) is 10.7 Å². The second kappa shape index (κ2) is 14.6. The minimum atomic E-state index is -4.75. The summed E-state index contributed by atoms with van der Waals surface area (Å²) in [6, 6.07) is 18.2. The van der Waals surface area contributed by atoms with Gasteiger partial charge in [-0.2, -0.15) is 0 Å². The maximum Gasteiger partial charge on any atom is 0.573 e. The van der Waals surface area contributed by atoms with Crippen molar-refractivity contribution in [1.82, 2.24) is 20.1 Å². The molecule has 4 aromatic rings. The molecule has 7 nitrogen and oxygen atoms in total. The molecule has 1 aliphatic heterocycles. The molecule has 0 spiro atoms. The quantitative estimate of drug-likeness (QED) is 0.135. The number of anilines is 1. The van der Waals surface area contributed by atoms with Crippen molar-refractivity contribution in [3.8, 4) is 22.8 Å². The van der Waals surface area contributed by atoms with Crippen LogP contribution < -0.4 is 15.0 Å². The van der Waals surface area contributed by atoms with E-state index < -0.39 is 6.36 Å². The van der Waals surface area contributed by atoms with Crippen LogP contribution in [0.25, 0.3) is 17.1 Å². The molecule has 2 heterocycles. The van der Waals surface area contributed by atoms with Gasteiger partial charge in [-0.1, -0.05) is 38.1 Å². The van der Waals surface area contributed by atoms with Gasteiger partial charge in [-0.3, -0.25) is 4.79 Å². The highest BCUT2D eigenvalue weighted by atomic mass is 32.2. The van der Waals surface area contributed by atoms with Crippen molar-refractivity contribution in [3.63, 3.8) is 0 Å². The van der Waals surface area contributed by atoms with Crippen molar-refractivity contribution < 1.29 is 27.1 Å². The number of carbonyl (C=O) groups excluding carboxylic acids is 1. The van der Waals surface area contributed by atoms with Gasteiger partial charge in [0.25, 0.3) is 0 Å². The Morgan fingerprint density at radius 2 is 1.81 bits per heavy atom. The Labute approximate surface area is 276 Å². The lowest BCUT2D eigenvalue weighted by Crippen LogP contribution is -2.38. The summed E-state index contributed by atoms with van der Waals surface area (Å²) in [6.45, 7) is 8.20. The van der Waals surface area contributed by atoms with Gasteiger partial charge in [0.15, 0.2) is 5.82 Å². The normalized spacial score (nSPS) is 16.8. The largest absolute Gasteiger partial charge is 0.573 e. The summed E-state index contributed by atoms with van der Waals surface area (Å²) in [5.41, 5.74) is 4.28. The van der Waals surface area contributed by atoms with Crippen molar-refractivity contribution in [3.05, 3.63) is 101 Å². The van der Waals surface area contributed by atoms with Gasteiger partial charge in [-0.25, -0.2) is 14.1 Å². The number of hydrogen-bond donors (Lipinski definition) is 1. The number of ether oxygens (including phenoxy) is 1. The van der Waals surface area contributed by atoms with Gasteiger partial charge in [-0.15, -0.1) is 30.0 Å². The molecule has 2 unspecified atom stereocenters. The number of benzene rings is 3. The standard InChI is InChI=1S/C35H37F4N5O2S/c1-22(2)30-19-27(36)11-16-31(30)44-24(4)17-18-47-33(44)20-32(45)41-23(3)5-6-25-7-9-26(10-8-25)34-40-21-43(42-34)28-12-14-29(15-13-28)46-35(37,38)39/h7-16,19-24H,5-6,17-18H2,1-4H3,(H,41,45)/b33-20-. The fourth-order valence-corrected chi connectivity index (χ4v) is 6.69. The molecule has 1 aliphatic rings. The van der Waals surface area contributed by atoms with Crippen LogP contribution in [-0.4, -0.2) is 44.9 Å². The number of alkyl halides is 3. The maximum atomic E-state index is 14.1. The number of aryl methyl sites for hydroxylation is 1. The molecule has 1 saturated heterocycles. The smallest absolute Gasteiger partial charge is 0.406 e. The van der Waals surface area contributed by atoms with E-state index in [4.69, 9.17) is 0 Å². The molecule has 2 atom stereocenters. The lowest BCUT2D eigenvalue weighted by atomic mass is 9.99. The maximum absolute atomic E-state index is 14.1. The molecule has 1 amide bonds. The summed E-state index contributed by atoms with van der Waals surface area (Å²) in [5.74, 6) is 0.783. The van der Waals surface area contributed by atoms with Gasteiger partial charge >= 0.3 is 6.36 Å². The minimum absolute atomic E-state index is 0.0687. The number of hydrogen-bond acceptors (Lipinski definition) is 6. The number of rotatable bonds is 10. The molecule has 0 aliphatic carbocycles. The number of halogens is 4. The molecular formula is C35H37F4N5O2S. The lowest BCUT2D eigenvalue weighted by molar-refractivity contribution is -0.274. The van der Waals surface area contributed by atoms with Crippen LogP contribution in [0.3, 0.4) is 0 Å². The van der Waals surface area contributed by atoms with Crippen molar-refractivity contribution in [2.45, 2.75) is 71.3 Å². The van der Waals surface area contributed by atoms with Crippen LogP contribution in [0, 0.1) is 5.82 Å². The molecule has 0 radical (unpaired) electrons. The highest BCUT2D eigenvalue weighted by Crippen LogP contribution is 2.39. The predicted molar refractivity (Wildman–Crippen MR) is 177 cm³/mol. The van der Waals surface area contributed by atoms with E-state index in [0.717, 1.165) is 52.4 Å². The zero-order valence-electron chi connectivity index (χ0n) is 26.6. The zero-order chi connectivity index (χ0) is 33.7. The Kier molecular flexibility index (Phi) is 10.6. The van der Waals surface area contributed by atoms with Crippen LogP contribution in [-0.2, 0) is 11.2 Å². The Morgan fingerprint density at radius 1 is 1.09 bits per heavy atom. The van der Waals surface area contributed by atoms with Crippen molar-refractivity contribution >= 4 is 23.4 Å². The number of amides is 1. The first-order valence-electron chi connectivity index (χ1n) is 15.5. The topological polar surface area (TPSA) is 72.3 Å². The van der Waals surface area contributed by atoms with E-state index in [2.05, 4.69) is 32.0 Å². The summed E-state index contributed by atoms with van der Waals surface area (Å²) < 4.78 is 56.8. The number of thioether (sulfide) groups is 1. The second-order valence-electron chi connectivity index (χ2n) is 11.9. The monoisotopic (exact) mass is 667 g/mol. The Hall–Kier alpha value is -4.32. The third-order valence-electron chi connectivity index (χ3n) is 7.88. The molecule has 47 heavy (non-hydrogen) atoms. The van der Waals surface area contributed by atoms with Crippen molar-refractivity contribution in [2.75, 3.05) is 10.7 Å². The van der Waals surface area contributed by atoms with E-state index in [9.17, 15) is 22.4 Å².